The molecule has 2 aromatic rings. The summed E-state index contributed by atoms with van der Waals surface area (Å²) in [6.07, 6.45) is 0.184. The summed E-state index contributed by atoms with van der Waals surface area (Å²) in [5.74, 6) is 0.547. The van der Waals surface area contributed by atoms with Gasteiger partial charge in [0, 0.05) is 16.8 Å². The number of rotatable bonds is 3. The molecule has 0 atom stereocenters. The second kappa shape index (κ2) is 5.23. The molecule has 1 amide bonds. The number of nitrogens with zero attached hydrogens (tertiary/aromatic N) is 1. The molecule has 1 aromatic carbocycles. The van der Waals surface area contributed by atoms with Crippen LogP contribution >= 0.6 is 11.6 Å². The lowest BCUT2D eigenvalue weighted by Crippen LogP contribution is -2.15. The average Bonchev–Trinajstić information content (AvgIpc) is 2.69. The fraction of sp³-hybridized carbons (Fsp3) is 0.231. The molecule has 0 unspecified atom stereocenters. The number of halogens is 1. The number of anilines is 1. The Morgan fingerprint density at radius 1 is 1.39 bits per heavy atom. The topological polar surface area (TPSA) is 55.1 Å². The first-order chi connectivity index (χ1) is 8.54. The molecule has 0 fully saturated rings. The zero-order valence-electron chi connectivity index (χ0n) is 10.2. The molecule has 2 rings (SSSR count). The van der Waals surface area contributed by atoms with Crippen LogP contribution in [0.1, 0.15) is 17.0 Å². The molecule has 0 bridgehead atoms. The second-order valence-electron chi connectivity index (χ2n) is 4.11. The van der Waals surface area contributed by atoms with Crippen LogP contribution in [0, 0.1) is 13.8 Å². The normalized spacial score (nSPS) is 10.4. The van der Waals surface area contributed by atoms with Crippen LogP contribution in [0.25, 0.3) is 0 Å². The Labute approximate surface area is 110 Å². The summed E-state index contributed by atoms with van der Waals surface area (Å²) in [6.45, 7) is 3.70. The van der Waals surface area contributed by atoms with Gasteiger partial charge in [0.1, 0.15) is 5.76 Å². The van der Waals surface area contributed by atoms with Gasteiger partial charge in [-0.15, -0.1) is 0 Å². The largest absolute Gasteiger partial charge is 0.361 e. The first kappa shape index (κ1) is 12.6. The van der Waals surface area contributed by atoms with Crippen LogP contribution < -0.4 is 5.32 Å². The van der Waals surface area contributed by atoms with Gasteiger partial charge in [0.15, 0.2) is 0 Å². The maximum absolute atomic E-state index is 11.8. The van der Waals surface area contributed by atoms with Crippen LogP contribution in [-0.4, -0.2) is 11.1 Å². The van der Waals surface area contributed by atoms with Crippen molar-refractivity contribution in [2.24, 2.45) is 0 Å². The Kier molecular flexibility index (Phi) is 3.67. The van der Waals surface area contributed by atoms with E-state index < -0.39 is 0 Å². The highest BCUT2D eigenvalue weighted by Gasteiger charge is 2.09. The molecule has 18 heavy (non-hydrogen) atoms. The van der Waals surface area contributed by atoms with Crippen LogP contribution in [0.2, 0.25) is 5.02 Å². The summed E-state index contributed by atoms with van der Waals surface area (Å²) in [5.41, 5.74) is 2.29. The average molecular weight is 265 g/mol. The number of aromatic nitrogens is 1. The van der Waals surface area contributed by atoms with E-state index in [0.29, 0.717) is 22.2 Å². The van der Waals surface area contributed by atoms with E-state index in [-0.39, 0.29) is 12.3 Å². The Hall–Kier alpha value is -1.81. The SMILES string of the molecule is Cc1cc(CC(=O)Nc2cc(Cl)ccc2C)no1. The van der Waals surface area contributed by atoms with Crippen molar-refractivity contribution in [3.63, 3.8) is 0 Å². The highest BCUT2D eigenvalue weighted by molar-refractivity contribution is 6.31. The number of nitrogens with one attached hydrogen (secondary N) is 1. The van der Waals surface area contributed by atoms with E-state index in [0.717, 1.165) is 5.56 Å². The molecule has 0 aliphatic carbocycles. The lowest BCUT2D eigenvalue weighted by atomic mass is 10.2. The Morgan fingerprint density at radius 2 is 2.17 bits per heavy atom. The number of amides is 1. The van der Waals surface area contributed by atoms with E-state index in [1.165, 1.54) is 0 Å². The predicted molar refractivity (Wildman–Crippen MR) is 69.8 cm³/mol. The van der Waals surface area contributed by atoms with E-state index in [1.807, 2.05) is 13.0 Å². The van der Waals surface area contributed by atoms with E-state index in [2.05, 4.69) is 10.5 Å². The summed E-state index contributed by atoms with van der Waals surface area (Å²) in [4.78, 5) is 11.8. The highest BCUT2D eigenvalue weighted by Crippen LogP contribution is 2.20. The zero-order valence-corrected chi connectivity index (χ0v) is 10.9. The number of aryl methyl sites for hydroxylation is 2. The molecular weight excluding hydrogens is 252 g/mol. The summed E-state index contributed by atoms with van der Waals surface area (Å²) in [7, 11) is 0. The van der Waals surface area contributed by atoms with Crippen molar-refractivity contribution in [1.82, 2.24) is 5.16 Å². The number of carbonyl (C=O) groups excluding carboxylic acids is 1. The van der Waals surface area contributed by atoms with Crippen molar-refractivity contribution in [3.8, 4) is 0 Å². The van der Waals surface area contributed by atoms with Gasteiger partial charge in [0.25, 0.3) is 0 Å². The first-order valence-corrected chi connectivity index (χ1v) is 5.90. The Morgan fingerprint density at radius 3 is 2.83 bits per heavy atom. The van der Waals surface area contributed by atoms with Crippen LogP contribution in [0.3, 0.4) is 0 Å². The molecular formula is C13H13ClN2O2. The Bertz CT molecular complexity index is 578. The number of benzene rings is 1. The van der Waals surface area contributed by atoms with Gasteiger partial charge < -0.3 is 9.84 Å². The van der Waals surface area contributed by atoms with Crippen molar-refractivity contribution in [2.45, 2.75) is 20.3 Å². The van der Waals surface area contributed by atoms with Crippen molar-refractivity contribution in [3.05, 3.63) is 46.3 Å². The van der Waals surface area contributed by atoms with Crippen LogP contribution in [-0.2, 0) is 11.2 Å². The first-order valence-electron chi connectivity index (χ1n) is 5.53. The zero-order chi connectivity index (χ0) is 13.1. The van der Waals surface area contributed by atoms with Crippen molar-refractivity contribution < 1.29 is 9.32 Å². The molecule has 0 radical (unpaired) electrons. The molecule has 0 saturated carbocycles. The summed E-state index contributed by atoms with van der Waals surface area (Å²) >= 11 is 5.89. The van der Waals surface area contributed by atoms with Crippen LogP contribution in [0.4, 0.5) is 5.69 Å². The molecule has 0 spiro atoms. The van der Waals surface area contributed by atoms with Gasteiger partial charge in [-0.1, -0.05) is 22.8 Å². The quantitative estimate of drug-likeness (QED) is 0.927. The molecule has 4 nitrogen and oxygen atoms in total. The minimum absolute atomic E-state index is 0.145. The molecule has 1 N–H and O–H groups in total. The Balaban J connectivity index is 2.05. The molecule has 0 aliphatic heterocycles. The number of hydrogen-bond donors (Lipinski definition) is 1. The lowest BCUT2D eigenvalue weighted by Gasteiger charge is -2.07. The van der Waals surface area contributed by atoms with E-state index >= 15 is 0 Å². The van der Waals surface area contributed by atoms with Crippen molar-refractivity contribution >= 4 is 23.2 Å². The molecule has 94 valence electrons. The maximum Gasteiger partial charge on any atom is 0.230 e. The van der Waals surface area contributed by atoms with Gasteiger partial charge in [0.2, 0.25) is 5.91 Å². The predicted octanol–water partition coefficient (Wildman–Crippen LogP) is 3.13. The third-order valence-electron chi connectivity index (χ3n) is 2.49. The molecule has 5 heteroatoms. The summed E-state index contributed by atoms with van der Waals surface area (Å²) in [5, 5.41) is 7.17. The van der Waals surface area contributed by atoms with Crippen molar-refractivity contribution in [2.75, 3.05) is 5.32 Å². The third kappa shape index (κ3) is 3.11. The minimum Gasteiger partial charge on any atom is -0.361 e. The van der Waals surface area contributed by atoms with Crippen molar-refractivity contribution in [1.29, 1.82) is 0 Å². The highest BCUT2D eigenvalue weighted by atomic mass is 35.5. The van der Waals surface area contributed by atoms with Crippen LogP contribution in [0.5, 0.6) is 0 Å². The fourth-order valence-electron chi connectivity index (χ4n) is 1.59. The third-order valence-corrected chi connectivity index (χ3v) is 2.73. The minimum atomic E-state index is -0.145. The molecule has 0 aliphatic rings. The second-order valence-corrected chi connectivity index (χ2v) is 4.55. The molecule has 1 heterocycles. The molecule has 1 aromatic heterocycles. The van der Waals surface area contributed by atoms with Gasteiger partial charge in [-0.3, -0.25) is 4.79 Å². The standard InChI is InChI=1S/C13H13ClN2O2/c1-8-3-4-10(14)6-12(8)15-13(17)7-11-5-9(2)18-16-11/h3-6H,7H2,1-2H3,(H,15,17). The van der Waals surface area contributed by atoms with Gasteiger partial charge in [-0.2, -0.15) is 0 Å². The lowest BCUT2D eigenvalue weighted by molar-refractivity contribution is -0.115. The smallest absolute Gasteiger partial charge is 0.230 e. The monoisotopic (exact) mass is 264 g/mol. The van der Waals surface area contributed by atoms with E-state index in [4.69, 9.17) is 16.1 Å². The van der Waals surface area contributed by atoms with E-state index in [9.17, 15) is 4.79 Å². The molecule has 0 saturated heterocycles. The van der Waals surface area contributed by atoms with Gasteiger partial charge in [-0.05, 0) is 31.5 Å². The summed E-state index contributed by atoms with van der Waals surface area (Å²) < 4.78 is 4.91. The summed E-state index contributed by atoms with van der Waals surface area (Å²) in [6, 6.07) is 7.11. The van der Waals surface area contributed by atoms with Gasteiger partial charge >= 0.3 is 0 Å². The fourth-order valence-corrected chi connectivity index (χ4v) is 1.76. The number of carbonyl (C=O) groups is 1. The number of hydrogen-bond acceptors (Lipinski definition) is 3. The van der Waals surface area contributed by atoms with Crippen LogP contribution in [0.15, 0.2) is 28.8 Å². The van der Waals surface area contributed by atoms with Gasteiger partial charge in [0.05, 0.1) is 12.1 Å². The van der Waals surface area contributed by atoms with Gasteiger partial charge in [-0.25, -0.2) is 0 Å². The maximum atomic E-state index is 11.8. The van der Waals surface area contributed by atoms with E-state index in [1.54, 1.807) is 25.1 Å².